The second kappa shape index (κ2) is 7.58. The Morgan fingerprint density at radius 1 is 1.43 bits per heavy atom. The van der Waals surface area contributed by atoms with Gasteiger partial charge in [-0.25, -0.2) is 0 Å². The third-order valence-electron chi connectivity index (χ3n) is 4.87. The number of hydrogen-bond acceptors (Lipinski definition) is 3. The number of rotatable bonds is 6. The zero-order valence-corrected chi connectivity index (χ0v) is 16.2. The van der Waals surface area contributed by atoms with Crippen molar-refractivity contribution in [3.63, 3.8) is 0 Å². The predicted octanol–water partition coefficient (Wildman–Crippen LogP) is 4.89. The maximum absolute atomic E-state index is 3.82. The van der Waals surface area contributed by atoms with Crippen molar-refractivity contribution >= 4 is 27.3 Å². The van der Waals surface area contributed by atoms with Gasteiger partial charge in [0.2, 0.25) is 0 Å². The van der Waals surface area contributed by atoms with E-state index >= 15 is 0 Å². The Morgan fingerprint density at radius 2 is 2.14 bits per heavy atom. The van der Waals surface area contributed by atoms with Crippen molar-refractivity contribution in [1.82, 2.24) is 10.2 Å². The second-order valence-corrected chi connectivity index (χ2v) is 8.66. The van der Waals surface area contributed by atoms with Crippen LogP contribution in [-0.4, -0.2) is 29.6 Å². The van der Waals surface area contributed by atoms with E-state index in [1.165, 1.54) is 35.2 Å². The van der Waals surface area contributed by atoms with Gasteiger partial charge in [0.05, 0.1) is 0 Å². The summed E-state index contributed by atoms with van der Waals surface area (Å²) in [4.78, 5) is 4.22. The van der Waals surface area contributed by atoms with Crippen LogP contribution in [0.15, 0.2) is 15.9 Å². The lowest BCUT2D eigenvalue weighted by Crippen LogP contribution is -2.63. The molecule has 1 atom stereocenters. The first-order valence-corrected chi connectivity index (χ1v) is 9.87. The van der Waals surface area contributed by atoms with Crippen molar-refractivity contribution < 1.29 is 0 Å². The van der Waals surface area contributed by atoms with Gasteiger partial charge < -0.3 is 5.32 Å². The van der Waals surface area contributed by atoms with Gasteiger partial charge in [0.1, 0.15) is 0 Å². The average Bonchev–Trinajstić information content (AvgIpc) is 2.85. The minimum absolute atomic E-state index is 0.323. The van der Waals surface area contributed by atoms with Crippen molar-refractivity contribution in [3.8, 4) is 0 Å². The van der Waals surface area contributed by atoms with Crippen LogP contribution in [0.4, 0.5) is 0 Å². The molecule has 1 aliphatic rings. The molecule has 21 heavy (non-hydrogen) atoms. The fourth-order valence-corrected chi connectivity index (χ4v) is 4.97. The molecular weight excluding hydrogens is 344 g/mol. The second-order valence-electron chi connectivity index (χ2n) is 6.75. The summed E-state index contributed by atoms with van der Waals surface area (Å²) in [5, 5.41) is 6.01. The van der Waals surface area contributed by atoms with Crippen LogP contribution in [0.25, 0.3) is 0 Å². The first-order valence-electron chi connectivity index (χ1n) is 8.20. The van der Waals surface area contributed by atoms with E-state index in [-0.39, 0.29) is 0 Å². The number of piperazine rings is 1. The fraction of sp³-hybridized carbons (Fsp3) is 0.765. The molecule has 2 nitrogen and oxygen atoms in total. The van der Waals surface area contributed by atoms with Crippen molar-refractivity contribution in [2.75, 3.05) is 13.1 Å². The van der Waals surface area contributed by atoms with Crippen molar-refractivity contribution in [2.45, 2.75) is 65.1 Å². The zero-order chi connectivity index (χ0) is 15.5. The molecule has 0 aromatic carbocycles. The molecule has 120 valence electrons. The van der Waals surface area contributed by atoms with Gasteiger partial charge in [-0.15, -0.1) is 11.3 Å². The van der Waals surface area contributed by atoms with Crippen molar-refractivity contribution in [3.05, 3.63) is 20.8 Å². The molecule has 1 fully saturated rings. The zero-order valence-electron chi connectivity index (χ0n) is 13.8. The van der Waals surface area contributed by atoms with E-state index in [0.29, 0.717) is 11.6 Å². The molecule has 2 rings (SSSR count). The summed E-state index contributed by atoms with van der Waals surface area (Å²) in [5.74, 6) is 0.760. The lowest BCUT2D eigenvalue weighted by atomic mass is 9.86. The fourth-order valence-electron chi connectivity index (χ4n) is 3.50. The minimum Gasteiger partial charge on any atom is -0.311 e. The summed E-state index contributed by atoms with van der Waals surface area (Å²) in [5.41, 5.74) is 0.323. The number of hydrogen-bond donors (Lipinski definition) is 1. The Labute approximate surface area is 142 Å². The summed E-state index contributed by atoms with van der Waals surface area (Å²) in [6, 6.07) is 2.92. The van der Waals surface area contributed by atoms with Crippen LogP contribution in [0.2, 0.25) is 0 Å². The monoisotopic (exact) mass is 372 g/mol. The first-order chi connectivity index (χ1) is 9.99. The van der Waals surface area contributed by atoms with E-state index in [2.05, 4.69) is 65.3 Å². The topological polar surface area (TPSA) is 15.3 Å². The predicted molar refractivity (Wildman–Crippen MR) is 97.0 cm³/mol. The molecule has 0 saturated carbocycles. The molecule has 1 aromatic rings. The molecule has 0 aliphatic carbocycles. The molecule has 4 heteroatoms. The molecule has 2 heterocycles. The summed E-state index contributed by atoms with van der Waals surface area (Å²) < 4.78 is 1.22. The largest absolute Gasteiger partial charge is 0.311 e. The van der Waals surface area contributed by atoms with Crippen molar-refractivity contribution in [1.29, 1.82) is 0 Å². The van der Waals surface area contributed by atoms with Crippen LogP contribution in [0.3, 0.4) is 0 Å². The number of nitrogens with zero attached hydrogens (tertiary/aromatic N) is 1. The molecule has 0 spiro atoms. The third kappa shape index (κ3) is 4.31. The normalized spacial score (nSPS) is 22.9. The van der Waals surface area contributed by atoms with E-state index in [1.807, 2.05) is 11.3 Å². The molecular formula is C17H29BrN2S. The minimum atomic E-state index is 0.323. The van der Waals surface area contributed by atoms with Crippen LogP contribution in [0.1, 0.15) is 51.8 Å². The maximum atomic E-state index is 3.82. The van der Waals surface area contributed by atoms with Gasteiger partial charge in [-0.05, 0) is 47.2 Å². The van der Waals surface area contributed by atoms with Crippen LogP contribution >= 0.6 is 27.3 Å². The Kier molecular flexibility index (Phi) is 6.30. The van der Waals surface area contributed by atoms with E-state index in [9.17, 15) is 0 Å². The van der Waals surface area contributed by atoms with Crippen LogP contribution in [0, 0.1) is 5.92 Å². The lowest BCUT2D eigenvalue weighted by molar-refractivity contribution is 0.0214. The highest BCUT2D eigenvalue weighted by Gasteiger charge is 2.38. The van der Waals surface area contributed by atoms with Gasteiger partial charge in [-0.2, -0.15) is 0 Å². The Bertz CT molecular complexity index is 440. The van der Waals surface area contributed by atoms with Gasteiger partial charge in [-0.1, -0.05) is 27.7 Å². The summed E-state index contributed by atoms with van der Waals surface area (Å²) in [6.45, 7) is 12.7. The maximum Gasteiger partial charge on any atom is 0.0335 e. The highest BCUT2D eigenvalue weighted by Crippen LogP contribution is 2.31. The van der Waals surface area contributed by atoms with E-state index < -0.39 is 0 Å². The molecule has 1 unspecified atom stereocenters. The highest BCUT2D eigenvalue weighted by atomic mass is 79.9. The highest BCUT2D eigenvalue weighted by molar-refractivity contribution is 9.10. The first kappa shape index (κ1) is 17.5. The van der Waals surface area contributed by atoms with Gasteiger partial charge >= 0.3 is 0 Å². The van der Waals surface area contributed by atoms with Gasteiger partial charge in [0.15, 0.2) is 0 Å². The molecule has 1 N–H and O–H groups in total. The molecule has 0 radical (unpaired) electrons. The number of halogens is 1. The van der Waals surface area contributed by atoms with E-state index in [0.717, 1.165) is 19.0 Å². The number of nitrogens with one attached hydrogen (secondary N) is 1. The Balaban J connectivity index is 2.12. The molecule has 1 aromatic heterocycles. The standard InChI is InChI=1S/C17H29BrN2S/c1-5-17(6-2)12-19-15(7-13(3)4)9-20(17)10-16-8-14(18)11-21-16/h8,11,13,15,19H,5-7,9-10,12H2,1-4H3. The Morgan fingerprint density at radius 3 is 2.67 bits per heavy atom. The summed E-state index contributed by atoms with van der Waals surface area (Å²) in [7, 11) is 0. The van der Waals surface area contributed by atoms with Crippen LogP contribution in [-0.2, 0) is 6.54 Å². The lowest BCUT2D eigenvalue weighted by Gasteiger charge is -2.50. The number of thiophene rings is 1. The van der Waals surface area contributed by atoms with E-state index in [4.69, 9.17) is 0 Å². The van der Waals surface area contributed by atoms with E-state index in [1.54, 1.807) is 0 Å². The smallest absolute Gasteiger partial charge is 0.0335 e. The molecule has 0 amide bonds. The molecule has 1 aliphatic heterocycles. The Hall–Kier alpha value is 0.1000. The quantitative estimate of drug-likeness (QED) is 0.764. The average molecular weight is 373 g/mol. The van der Waals surface area contributed by atoms with Crippen LogP contribution in [0.5, 0.6) is 0 Å². The SMILES string of the molecule is CCC1(CC)CNC(CC(C)C)CN1Cc1cc(Br)cs1. The van der Waals surface area contributed by atoms with Crippen molar-refractivity contribution in [2.24, 2.45) is 5.92 Å². The molecule has 0 bridgehead atoms. The summed E-state index contributed by atoms with van der Waals surface area (Å²) >= 11 is 5.45. The summed E-state index contributed by atoms with van der Waals surface area (Å²) in [6.07, 6.45) is 3.71. The van der Waals surface area contributed by atoms with Gasteiger partial charge in [0, 0.05) is 45.9 Å². The van der Waals surface area contributed by atoms with Crippen LogP contribution < -0.4 is 5.32 Å². The van der Waals surface area contributed by atoms with Gasteiger partial charge in [-0.3, -0.25) is 4.90 Å². The van der Waals surface area contributed by atoms with Gasteiger partial charge in [0.25, 0.3) is 0 Å². The molecule has 1 saturated heterocycles. The third-order valence-corrected chi connectivity index (χ3v) is 6.55.